The predicted molar refractivity (Wildman–Crippen MR) is 116 cm³/mol. The van der Waals surface area contributed by atoms with Crippen LogP contribution in [-0.4, -0.2) is 32.7 Å². The van der Waals surface area contributed by atoms with Gasteiger partial charge in [0.1, 0.15) is 11.6 Å². The summed E-state index contributed by atoms with van der Waals surface area (Å²) in [5, 5.41) is 12.3. The summed E-state index contributed by atoms with van der Waals surface area (Å²) < 4.78 is 15.8. The highest BCUT2D eigenvalue weighted by molar-refractivity contribution is 9.10. The Bertz CT molecular complexity index is 1040. The first-order valence-electron chi connectivity index (χ1n) is 8.87. The van der Waals surface area contributed by atoms with Gasteiger partial charge in [-0.1, -0.05) is 28.1 Å². The molecule has 0 saturated heterocycles. The van der Waals surface area contributed by atoms with Crippen molar-refractivity contribution in [2.45, 2.75) is 13.8 Å². The van der Waals surface area contributed by atoms with Gasteiger partial charge < -0.3 is 19.5 Å². The van der Waals surface area contributed by atoms with Gasteiger partial charge in [0.2, 0.25) is 0 Å². The average molecular weight is 473 g/mol. The lowest BCUT2D eigenvalue weighted by Gasteiger charge is -2.13. The Kier molecular flexibility index (Phi) is 8.01. The van der Waals surface area contributed by atoms with Crippen LogP contribution in [0.15, 0.2) is 40.4 Å². The van der Waals surface area contributed by atoms with Gasteiger partial charge in [0.25, 0.3) is 5.91 Å². The smallest absolute Gasteiger partial charge is 0.343 e. The maximum Gasteiger partial charge on any atom is 0.343 e. The zero-order valence-electron chi connectivity index (χ0n) is 17.0. The summed E-state index contributed by atoms with van der Waals surface area (Å²) in [6, 6.07) is 10.7. The van der Waals surface area contributed by atoms with Gasteiger partial charge in [-0.05, 0) is 54.8 Å². The van der Waals surface area contributed by atoms with Crippen molar-refractivity contribution < 1.29 is 23.8 Å². The number of amides is 1. The summed E-state index contributed by atoms with van der Waals surface area (Å²) in [5.41, 5.74) is 3.06. The molecule has 0 aliphatic carbocycles. The van der Waals surface area contributed by atoms with Crippen LogP contribution in [0, 0.1) is 25.2 Å². The van der Waals surface area contributed by atoms with E-state index in [1.165, 1.54) is 20.3 Å². The lowest BCUT2D eigenvalue weighted by Crippen LogP contribution is -2.14. The normalized spacial score (nSPS) is 10.7. The minimum atomic E-state index is -0.535. The third-order valence-electron chi connectivity index (χ3n) is 4.37. The second kappa shape index (κ2) is 10.5. The Labute approximate surface area is 183 Å². The number of ether oxygens (including phenoxy) is 3. The minimum absolute atomic E-state index is 0.0816. The van der Waals surface area contributed by atoms with Gasteiger partial charge in [0.15, 0.2) is 18.1 Å². The van der Waals surface area contributed by atoms with Crippen LogP contribution in [0.2, 0.25) is 0 Å². The Morgan fingerprint density at radius 2 is 1.93 bits per heavy atom. The largest absolute Gasteiger partial charge is 0.493 e. The van der Waals surface area contributed by atoms with Crippen molar-refractivity contribution in [3.8, 4) is 17.6 Å². The molecule has 7 nitrogen and oxygen atoms in total. The van der Waals surface area contributed by atoms with E-state index in [4.69, 9.17) is 9.47 Å². The molecule has 0 spiro atoms. The average Bonchev–Trinajstić information content (AvgIpc) is 2.74. The number of halogens is 1. The number of rotatable bonds is 7. The molecule has 30 heavy (non-hydrogen) atoms. The fourth-order valence-electron chi connectivity index (χ4n) is 2.51. The molecule has 1 N–H and O–H groups in total. The number of carbonyl (C=O) groups excluding carboxylic acids is 2. The quantitative estimate of drug-likeness (QED) is 0.368. The molecule has 1 amide bonds. The van der Waals surface area contributed by atoms with Crippen molar-refractivity contribution in [3.63, 3.8) is 0 Å². The van der Waals surface area contributed by atoms with Gasteiger partial charge in [-0.3, -0.25) is 4.79 Å². The molecule has 0 atom stereocenters. The zero-order valence-corrected chi connectivity index (χ0v) is 18.6. The van der Waals surface area contributed by atoms with Crippen LogP contribution in [0.1, 0.15) is 16.7 Å². The first-order valence-corrected chi connectivity index (χ1v) is 9.66. The van der Waals surface area contributed by atoms with Crippen LogP contribution >= 0.6 is 15.9 Å². The van der Waals surface area contributed by atoms with Crippen LogP contribution in [0.25, 0.3) is 6.08 Å². The van der Waals surface area contributed by atoms with Crippen molar-refractivity contribution in [2.24, 2.45) is 0 Å². The van der Waals surface area contributed by atoms with Gasteiger partial charge >= 0.3 is 5.97 Å². The Morgan fingerprint density at radius 3 is 2.57 bits per heavy atom. The number of benzene rings is 2. The third-order valence-corrected chi connectivity index (χ3v) is 5.06. The SMILES string of the molecule is COC(=O)COc1cc(Br)c(/C=C(\C#N)C(=O)Nc2cccc(C)c2C)cc1OC. The van der Waals surface area contributed by atoms with Gasteiger partial charge in [-0.2, -0.15) is 5.26 Å². The number of nitriles is 1. The van der Waals surface area contributed by atoms with Crippen molar-refractivity contribution in [1.82, 2.24) is 0 Å². The minimum Gasteiger partial charge on any atom is -0.493 e. The number of aryl methyl sites for hydroxylation is 1. The Balaban J connectivity index is 2.32. The summed E-state index contributed by atoms with van der Waals surface area (Å²) >= 11 is 3.39. The second-order valence-corrected chi connectivity index (χ2v) is 7.12. The van der Waals surface area contributed by atoms with Crippen molar-refractivity contribution in [2.75, 3.05) is 26.1 Å². The van der Waals surface area contributed by atoms with E-state index in [-0.39, 0.29) is 12.2 Å². The predicted octanol–water partition coefficient (Wildman–Crippen LogP) is 4.17. The first-order chi connectivity index (χ1) is 14.3. The topological polar surface area (TPSA) is 97.7 Å². The van der Waals surface area contributed by atoms with E-state index in [0.717, 1.165) is 11.1 Å². The molecule has 156 valence electrons. The molecule has 0 radical (unpaired) electrons. The molecule has 0 fully saturated rings. The molecule has 2 aromatic carbocycles. The highest BCUT2D eigenvalue weighted by atomic mass is 79.9. The number of methoxy groups -OCH3 is 2. The van der Waals surface area contributed by atoms with Gasteiger partial charge in [0.05, 0.1) is 14.2 Å². The van der Waals surface area contributed by atoms with E-state index < -0.39 is 11.9 Å². The molecule has 0 heterocycles. The number of nitrogens with zero attached hydrogens (tertiary/aromatic N) is 1. The van der Waals surface area contributed by atoms with Crippen molar-refractivity contribution in [1.29, 1.82) is 5.26 Å². The van der Waals surface area contributed by atoms with E-state index in [1.807, 2.05) is 32.0 Å². The molecule has 2 aromatic rings. The molecule has 0 aliphatic heterocycles. The molecule has 0 saturated carbocycles. The molecule has 0 aliphatic rings. The van der Waals surface area contributed by atoms with E-state index >= 15 is 0 Å². The number of hydrogen-bond acceptors (Lipinski definition) is 6. The fourth-order valence-corrected chi connectivity index (χ4v) is 2.95. The summed E-state index contributed by atoms with van der Waals surface area (Å²) in [5.74, 6) is -0.416. The summed E-state index contributed by atoms with van der Waals surface area (Å²) in [7, 11) is 2.71. The number of hydrogen-bond donors (Lipinski definition) is 1. The number of nitrogens with one attached hydrogen (secondary N) is 1. The van der Waals surface area contributed by atoms with Crippen LogP contribution in [-0.2, 0) is 14.3 Å². The monoisotopic (exact) mass is 472 g/mol. The van der Waals surface area contributed by atoms with Gasteiger partial charge in [-0.25, -0.2) is 4.79 Å². The second-order valence-electron chi connectivity index (χ2n) is 6.26. The Morgan fingerprint density at radius 1 is 1.20 bits per heavy atom. The number of esters is 1. The van der Waals surface area contributed by atoms with Crippen LogP contribution in [0.5, 0.6) is 11.5 Å². The standard InChI is InChI=1S/C22H21BrN2O5/c1-13-6-5-7-18(14(13)2)25-22(27)16(11-24)8-15-9-19(28-3)20(10-17(15)23)30-12-21(26)29-4/h5-10H,12H2,1-4H3,(H,25,27)/b16-8+. The lowest BCUT2D eigenvalue weighted by molar-refractivity contribution is -0.142. The molecule has 0 unspecified atom stereocenters. The Hall–Kier alpha value is -3.31. The molecular weight excluding hydrogens is 452 g/mol. The third kappa shape index (κ3) is 5.61. The highest BCUT2D eigenvalue weighted by Gasteiger charge is 2.15. The first kappa shape index (κ1) is 23.0. The van der Waals surface area contributed by atoms with Crippen molar-refractivity contribution >= 4 is 39.6 Å². The van der Waals surface area contributed by atoms with E-state index in [0.29, 0.717) is 27.2 Å². The maximum absolute atomic E-state index is 12.6. The maximum atomic E-state index is 12.6. The van der Waals surface area contributed by atoms with Crippen LogP contribution < -0.4 is 14.8 Å². The summed E-state index contributed by atoms with van der Waals surface area (Å²) in [6.07, 6.45) is 1.44. The molecule has 0 aromatic heterocycles. The number of carbonyl (C=O) groups is 2. The molecule has 0 bridgehead atoms. The van der Waals surface area contributed by atoms with Crippen LogP contribution in [0.3, 0.4) is 0 Å². The summed E-state index contributed by atoms with van der Waals surface area (Å²) in [4.78, 5) is 23.9. The van der Waals surface area contributed by atoms with E-state index in [9.17, 15) is 14.9 Å². The highest BCUT2D eigenvalue weighted by Crippen LogP contribution is 2.34. The van der Waals surface area contributed by atoms with Gasteiger partial charge in [-0.15, -0.1) is 0 Å². The van der Waals surface area contributed by atoms with E-state index in [1.54, 1.807) is 18.2 Å². The fraction of sp³-hybridized carbons (Fsp3) is 0.227. The molecular formula is C22H21BrN2O5. The van der Waals surface area contributed by atoms with Crippen molar-refractivity contribution in [3.05, 3.63) is 57.1 Å². The zero-order chi connectivity index (χ0) is 22.3. The van der Waals surface area contributed by atoms with E-state index in [2.05, 4.69) is 26.0 Å². The molecule has 2 rings (SSSR count). The number of anilines is 1. The summed E-state index contributed by atoms with van der Waals surface area (Å²) in [6.45, 7) is 3.56. The molecule has 8 heteroatoms. The van der Waals surface area contributed by atoms with Gasteiger partial charge in [0, 0.05) is 10.2 Å². The van der Waals surface area contributed by atoms with Crippen LogP contribution in [0.4, 0.5) is 5.69 Å². The lowest BCUT2D eigenvalue weighted by atomic mass is 10.1.